The standard InChI is InChI=1S/C19H22O2/c1-13-6-9-19(18(10-13)14(2)20)21-12-15-7-8-16-4-3-5-17(16)11-15/h6-11,14,20H,3-5,12H2,1-2H3/t14-/m0/s1. The van der Waals surface area contributed by atoms with Crippen molar-refractivity contribution in [2.24, 2.45) is 0 Å². The summed E-state index contributed by atoms with van der Waals surface area (Å²) in [6.07, 6.45) is 3.15. The zero-order chi connectivity index (χ0) is 14.8. The van der Waals surface area contributed by atoms with Gasteiger partial charge in [0, 0.05) is 5.56 Å². The molecule has 0 saturated carbocycles. The van der Waals surface area contributed by atoms with Gasteiger partial charge in [-0.15, -0.1) is 0 Å². The lowest BCUT2D eigenvalue weighted by Gasteiger charge is -2.14. The van der Waals surface area contributed by atoms with Crippen molar-refractivity contribution in [2.75, 3.05) is 0 Å². The average molecular weight is 282 g/mol. The van der Waals surface area contributed by atoms with E-state index in [0.29, 0.717) is 6.61 Å². The van der Waals surface area contributed by atoms with Crippen molar-refractivity contribution in [1.82, 2.24) is 0 Å². The van der Waals surface area contributed by atoms with Gasteiger partial charge in [-0.25, -0.2) is 0 Å². The van der Waals surface area contributed by atoms with Crippen molar-refractivity contribution in [2.45, 2.75) is 45.8 Å². The van der Waals surface area contributed by atoms with Crippen LogP contribution in [0.5, 0.6) is 5.75 Å². The number of ether oxygens (including phenoxy) is 1. The van der Waals surface area contributed by atoms with Crippen molar-refractivity contribution in [3.05, 3.63) is 64.2 Å². The molecule has 0 fully saturated rings. The van der Waals surface area contributed by atoms with Gasteiger partial charge in [-0.3, -0.25) is 0 Å². The second-order valence-electron chi connectivity index (χ2n) is 5.96. The Labute approximate surface area is 126 Å². The highest BCUT2D eigenvalue weighted by Crippen LogP contribution is 2.28. The van der Waals surface area contributed by atoms with Crippen LogP contribution in [-0.4, -0.2) is 5.11 Å². The summed E-state index contributed by atoms with van der Waals surface area (Å²) in [5, 5.41) is 9.87. The van der Waals surface area contributed by atoms with E-state index in [-0.39, 0.29) is 0 Å². The number of benzene rings is 2. The highest BCUT2D eigenvalue weighted by atomic mass is 16.5. The largest absolute Gasteiger partial charge is 0.489 e. The minimum absolute atomic E-state index is 0.514. The Morgan fingerprint density at radius 2 is 1.90 bits per heavy atom. The molecule has 2 heteroatoms. The van der Waals surface area contributed by atoms with E-state index in [1.54, 1.807) is 6.92 Å². The molecule has 0 bridgehead atoms. The summed E-state index contributed by atoms with van der Waals surface area (Å²) < 4.78 is 5.94. The zero-order valence-electron chi connectivity index (χ0n) is 12.7. The molecule has 0 amide bonds. The lowest BCUT2D eigenvalue weighted by atomic mass is 10.1. The fourth-order valence-corrected chi connectivity index (χ4v) is 3.00. The molecule has 1 atom stereocenters. The molecule has 0 saturated heterocycles. The number of fused-ring (bicyclic) bond motifs is 1. The van der Waals surface area contributed by atoms with E-state index in [1.807, 2.05) is 25.1 Å². The van der Waals surface area contributed by atoms with Gasteiger partial charge in [-0.1, -0.05) is 29.8 Å². The van der Waals surface area contributed by atoms with E-state index in [2.05, 4.69) is 18.2 Å². The first-order valence-corrected chi connectivity index (χ1v) is 7.65. The van der Waals surface area contributed by atoms with Crippen LogP contribution in [0, 0.1) is 6.92 Å². The molecule has 0 radical (unpaired) electrons. The van der Waals surface area contributed by atoms with Gasteiger partial charge in [0.1, 0.15) is 12.4 Å². The van der Waals surface area contributed by atoms with Crippen LogP contribution in [-0.2, 0) is 19.4 Å². The van der Waals surface area contributed by atoms with Crippen LogP contribution in [0.1, 0.15) is 47.3 Å². The van der Waals surface area contributed by atoms with Crippen molar-refractivity contribution in [3.63, 3.8) is 0 Å². The summed E-state index contributed by atoms with van der Waals surface area (Å²) in [5.74, 6) is 0.774. The molecule has 2 aromatic rings. The Morgan fingerprint density at radius 1 is 1.10 bits per heavy atom. The highest BCUT2D eigenvalue weighted by molar-refractivity contribution is 5.39. The molecule has 21 heavy (non-hydrogen) atoms. The third-order valence-electron chi connectivity index (χ3n) is 4.17. The summed E-state index contributed by atoms with van der Waals surface area (Å²) in [4.78, 5) is 0. The predicted octanol–water partition coefficient (Wildman–Crippen LogP) is 4.12. The molecular weight excluding hydrogens is 260 g/mol. The first-order chi connectivity index (χ1) is 10.1. The molecule has 0 aromatic heterocycles. The van der Waals surface area contributed by atoms with Crippen LogP contribution in [0.25, 0.3) is 0 Å². The molecule has 0 unspecified atom stereocenters. The molecule has 0 spiro atoms. The maximum atomic E-state index is 9.87. The lowest BCUT2D eigenvalue weighted by Crippen LogP contribution is -2.02. The molecule has 2 nitrogen and oxygen atoms in total. The quantitative estimate of drug-likeness (QED) is 0.914. The van der Waals surface area contributed by atoms with Crippen LogP contribution < -0.4 is 4.74 Å². The van der Waals surface area contributed by atoms with Gasteiger partial charge in [0.05, 0.1) is 6.10 Å². The third kappa shape index (κ3) is 3.11. The van der Waals surface area contributed by atoms with Crippen LogP contribution in [0.4, 0.5) is 0 Å². The molecule has 110 valence electrons. The number of aryl methyl sites for hydroxylation is 3. The zero-order valence-corrected chi connectivity index (χ0v) is 12.7. The normalized spacial score (nSPS) is 14.8. The molecular formula is C19H22O2. The topological polar surface area (TPSA) is 29.5 Å². The summed E-state index contributed by atoms with van der Waals surface area (Å²) in [6, 6.07) is 12.6. The summed E-state index contributed by atoms with van der Waals surface area (Å²) in [6.45, 7) is 4.35. The van der Waals surface area contributed by atoms with Gasteiger partial charge in [-0.2, -0.15) is 0 Å². The average Bonchev–Trinajstić information content (AvgIpc) is 2.93. The number of hydrogen-bond acceptors (Lipinski definition) is 2. The van der Waals surface area contributed by atoms with Gasteiger partial charge in [0.2, 0.25) is 0 Å². The van der Waals surface area contributed by atoms with E-state index in [9.17, 15) is 5.11 Å². The van der Waals surface area contributed by atoms with Gasteiger partial charge in [0.15, 0.2) is 0 Å². The minimum atomic E-state index is -0.514. The minimum Gasteiger partial charge on any atom is -0.489 e. The van der Waals surface area contributed by atoms with Gasteiger partial charge in [0.25, 0.3) is 0 Å². The molecule has 2 aromatic carbocycles. The Kier molecular flexibility index (Phi) is 3.98. The fraction of sp³-hybridized carbons (Fsp3) is 0.368. The van der Waals surface area contributed by atoms with Gasteiger partial charge >= 0.3 is 0 Å². The molecule has 0 heterocycles. The van der Waals surface area contributed by atoms with Crippen molar-refractivity contribution in [3.8, 4) is 5.75 Å². The van der Waals surface area contributed by atoms with Gasteiger partial charge in [-0.05, 0) is 61.9 Å². The summed E-state index contributed by atoms with van der Waals surface area (Å²) in [5.41, 5.74) is 6.15. The highest BCUT2D eigenvalue weighted by Gasteiger charge is 2.12. The Bertz CT molecular complexity index is 644. The molecule has 1 aliphatic rings. The molecule has 0 aliphatic heterocycles. The summed E-state index contributed by atoms with van der Waals surface area (Å²) >= 11 is 0. The fourth-order valence-electron chi connectivity index (χ4n) is 3.00. The Balaban J connectivity index is 1.76. The van der Waals surface area contributed by atoms with Gasteiger partial charge < -0.3 is 9.84 Å². The number of hydrogen-bond donors (Lipinski definition) is 1. The molecule has 3 rings (SSSR count). The first-order valence-electron chi connectivity index (χ1n) is 7.65. The first kappa shape index (κ1) is 14.2. The van der Waals surface area contributed by atoms with Crippen molar-refractivity contribution in [1.29, 1.82) is 0 Å². The van der Waals surface area contributed by atoms with Crippen LogP contribution in [0.3, 0.4) is 0 Å². The predicted molar refractivity (Wildman–Crippen MR) is 84.6 cm³/mol. The monoisotopic (exact) mass is 282 g/mol. The maximum absolute atomic E-state index is 9.87. The van der Waals surface area contributed by atoms with Crippen molar-refractivity contribution >= 4 is 0 Å². The van der Waals surface area contributed by atoms with E-state index < -0.39 is 6.10 Å². The van der Waals surface area contributed by atoms with E-state index in [1.165, 1.54) is 36.0 Å². The Morgan fingerprint density at radius 3 is 2.71 bits per heavy atom. The number of aliphatic hydroxyl groups is 1. The maximum Gasteiger partial charge on any atom is 0.125 e. The second-order valence-corrected chi connectivity index (χ2v) is 5.96. The molecule has 1 aliphatic carbocycles. The molecule has 1 N–H and O–H groups in total. The number of rotatable bonds is 4. The smallest absolute Gasteiger partial charge is 0.125 e. The Hall–Kier alpha value is -1.80. The third-order valence-corrected chi connectivity index (χ3v) is 4.17. The SMILES string of the molecule is Cc1ccc(OCc2ccc3c(c2)CCC3)c([C@H](C)O)c1. The summed E-state index contributed by atoms with van der Waals surface area (Å²) in [7, 11) is 0. The van der Waals surface area contributed by atoms with E-state index in [4.69, 9.17) is 4.74 Å². The van der Waals surface area contributed by atoms with Crippen LogP contribution >= 0.6 is 0 Å². The van der Waals surface area contributed by atoms with E-state index in [0.717, 1.165) is 16.9 Å². The van der Waals surface area contributed by atoms with Crippen LogP contribution in [0.2, 0.25) is 0 Å². The number of aliphatic hydroxyl groups excluding tert-OH is 1. The second kappa shape index (κ2) is 5.90. The van der Waals surface area contributed by atoms with Crippen molar-refractivity contribution < 1.29 is 9.84 Å². The van der Waals surface area contributed by atoms with Crippen LogP contribution in [0.15, 0.2) is 36.4 Å². The lowest BCUT2D eigenvalue weighted by molar-refractivity contribution is 0.190. The van der Waals surface area contributed by atoms with E-state index >= 15 is 0 Å².